The fourth-order valence-electron chi connectivity index (χ4n) is 3.12. The van der Waals surface area contributed by atoms with Crippen LogP contribution in [0.3, 0.4) is 0 Å². The number of carbonyl (C=O) groups excluding carboxylic acids is 3. The number of rotatable bonds is 5. The molecule has 0 spiro atoms. The number of benzene rings is 2. The molecule has 0 fully saturated rings. The predicted molar refractivity (Wildman–Crippen MR) is 108 cm³/mol. The van der Waals surface area contributed by atoms with E-state index in [0.29, 0.717) is 22.8 Å². The molecule has 0 saturated heterocycles. The Morgan fingerprint density at radius 3 is 2.63 bits per heavy atom. The van der Waals surface area contributed by atoms with Gasteiger partial charge in [0.15, 0.2) is 0 Å². The summed E-state index contributed by atoms with van der Waals surface area (Å²) in [7, 11) is 1.68. The molecule has 3 N–H and O–H groups in total. The van der Waals surface area contributed by atoms with Crippen molar-refractivity contribution in [3.63, 3.8) is 0 Å². The molecule has 0 unspecified atom stereocenters. The van der Waals surface area contributed by atoms with E-state index in [9.17, 15) is 14.4 Å². The molecule has 0 radical (unpaired) electrons. The van der Waals surface area contributed by atoms with Crippen molar-refractivity contribution >= 4 is 29.1 Å². The van der Waals surface area contributed by atoms with E-state index in [1.807, 2.05) is 0 Å². The number of tetrazole rings is 1. The number of anilines is 2. The zero-order valence-corrected chi connectivity index (χ0v) is 16.1. The molecule has 0 aliphatic carbocycles. The average Bonchev–Trinajstić information content (AvgIpc) is 3.13. The number of para-hydroxylation sites is 1. The Kier molecular flexibility index (Phi) is 5.21. The van der Waals surface area contributed by atoms with Gasteiger partial charge in [0.1, 0.15) is 6.04 Å². The lowest BCUT2D eigenvalue weighted by Crippen LogP contribution is -2.41. The molecule has 10 nitrogen and oxygen atoms in total. The van der Waals surface area contributed by atoms with Gasteiger partial charge in [-0.15, -0.1) is 10.2 Å². The number of hydrogen-bond donors (Lipinski definition) is 3. The first-order chi connectivity index (χ1) is 14.5. The lowest BCUT2D eigenvalue weighted by Gasteiger charge is -2.14. The topological polar surface area (TPSA) is 131 Å². The van der Waals surface area contributed by atoms with Gasteiger partial charge in [0.05, 0.1) is 18.3 Å². The summed E-state index contributed by atoms with van der Waals surface area (Å²) < 4.78 is 0. The first-order valence-corrected chi connectivity index (χ1v) is 9.34. The zero-order valence-electron chi connectivity index (χ0n) is 16.1. The van der Waals surface area contributed by atoms with E-state index in [4.69, 9.17) is 0 Å². The summed E-state index contributed by atoms with van der Waals surface area (Å²) >= 11 is 0. The number of nitrogens with one attached hydrogen (secondary N) is 3. The smallest absolute Gasteiger partial charge is 0.254 e. The summed E-state index contributed by atoms with van der Waals surface area (Å²) in [5.74, 6) is -0.458. The van der Waals surface area contributed by atoms with Crippen LogP contribution in [-0.2, 0) is 16.6 Å². The molecule has 0 bridgehead atoms. The van der Waals surface area contributed by atoms with Gasteiger partial charge in [0, 0.05) is 17.7 Å². The van der Waals surface area contributed by atoms with Crippen LogP contribution in [0.5, 0.6) is 0 Å². The van der Waals surface area contributed by atoms with Crippen molar-refractivity contribution in [2.45, 2.75) is 18.9 Å². The summed E-state index contributed by atoms with van der Waals surface area (Å²) in [5, 5.41) is 20.0. The maximum Gasteiger partial charge on any atom is 0.254 e. The molecular formula is C20H19N7O3. The van der Waals surface area contributed by atoms with Crippen LogP contribution in [0.4, 0.5) is 11.4 Å². The van der Waals surface area contributed by atoms with E-state index in [1.165, 1.54) is 4.80 Å². The third-order valence-electron chi connectivity index (χ3n) is 4.65. The highest BCUT2D eigenvalue weighted by Crippen LogP contribution is 2.20. The van der Waals surface area contributed by atoms with Gasteiger partial charge in [-0.2, -0.15) is 4.80 Å². The Morgan fingerprint density at radius 2 is 1.90 bits per heavy atom. The molecule has 1 aliphatic rings. The largest absolute Gasteiger partial charge is 0.340 e. The number of aromatic nitrogens is 4. The van der Waals surface area contributed by atoms with Crippen LogP contribution < -0.4 is 16.0 Å². The van der Waals surface area contributed by atoms with Crippen molar-refractivity contribution in [2.75, 3.05) is 10.6 Å². The van der Waals surface area contributed by atoms with E-state index in [1.54, 1.807) is 55.6 Å². The standard InChI is InChI=1S/C20H19N7O3/c1-27-25-18(24-26-27)12-6-8-13(9-7-12)21-17(28)11-10-16-20(30)22-15-5-3-2-4-14(15)19(29)23-16/h2-9,16H,10-11H2,1H3,(H,21,28)(H,22,30)(H,23,29)/t16-/m1/s1. The van der Waals surface area contributed by atoms with Gasteiger partial charge in [-0.1, -0.05) is 12.1 Å². The molecule has 3 aromatic rings. The first-order valence-electron chi connectivity index (χ1n) is 9.34. The third kappa shape index (κ3) is 4.17. The van der Waals surface area contributed by atoms with E-state index in [-0.39, 0.29) is 30.6 Å². The van der Waals surface area contributed by atoms with Crippen LogP contribution in [0.1, 0.15) is 23.2 Å². The van der Waals surface area contributed by atoms with Crippen molar-refractivity contribution in [2.24, 2.45) is 7.05 Å². The quantitative estimate of drug-likeness (QED) is 0.587. The predicted octanol–water partition coefficient (Wildman–Crippen LogP) is 1.35. The van der Waals surface area contributed by atoms with Gasteiger partial charge in [0.25, 0.3) is 5.91 Å². The van der Waals surface area contributed by atoms with Crippen LogP contribution >= 0.6 is 0 Å². The summed E-state index contributed by atoms with van der Waals surface area (Å²) in [5.41, 5.74) is 2.24. The van der Waals surface area contributed by atoms with Crippen LogP contribution in [0.25, 0.3) is 11.4 Å². The highest BCUT2D eigenvalue weighted by molar-refractivity contribution is 6.10. The van der Waals surface area contributed by atoms with Crippen molar-refractivity contribution in [3.8, 4) is 11.4 Å². The third-order valence-corrected chi connectivity index (χ3v) is 4.65. The highest BCUT2D eigenvalue weighted by Gasteiger charge is 2.27. The molecular weight excluding hydrogens is 386 g/mol. The Labute approximate surface area is 171 Å². The number of aryl methyl sites for hydroxylation is 1. The Balaban J connectivity index is 1.33. The molecule has 1 aliphatic heterocycles. The lowest BCUT2D eigenvalue weighted by atomic mass is 10.1. The number of amides is 3. The van der Waals surface area contributed by atoms with Gasteiger partial charge in [0.2, 0.25) is 17.6 Å². The number of fused-ring (bicyclic) bond motifs is 1. The Hall–Kier alpha value is -4.08. The highest BCUT2D eigenvalue weighted by atomic mass is 16.2. The monoisotopic (exact) mass is 405 g/mol. The number of nitrogens with zero attached hydrogens (tertiary/aromatic N) is 4. The molecule has 152 valence electrons. The van der Waals surface area contributed by atoms with Gasteiger partial charge in [-0.3, -0.25) is 14.4 Å². The molecule has 10 heteroatoms. The van der Waals surface area contributed by atoms with E-state index < -0.39 is 6.04 Å². The normalized spacial score (nSPS) is 15.6. The van der Waals surface area contributed by atoms with Gasteiger partial charge >= 0.3 is 0 Å². The number of hydrogen-bond acceptors (Lipinski definition) is 6. The minimum absolute atomic E-state index is 0.0716. The van der Waals surface area contributed by atoms with Crippen molar-refractivity contribution in [1.29, 1.82) is 0 Å². The maximum atomic E-state index is 12.4. The average molecular weight is 405 g/mol. The SMILES string of the molecule is Cn1nnc(-c2ccc(NC(=O)CC[C@H]3NC(=O)c4ccccc4NC3=O)cc2)n1. The second kappa shape index (κ2) is 8.11. The van der Waals surface area contributed by atoms with Gasteiger partial charge in [-0.05, 0) is 48.0 Å². The minimum atomic E-state index is -0.791. The van der Waals surface area contributed by atoms with Crippen molar-refractivity contribution < 1.29 is 14.4 Å². The fourth-order valence-corrected chi connectivity index (χ4v) is 3.12. The summed E-state index contributed by atoms with van der Waals surface area (Å²) in [4.78, 5) is 38.4. The summed E-state index contributed by atoms with van der Waals surface area (Å²) in [6, 6.07) is 13.0. The lowest BCUT2D eigenvalue weighted by molar-refractivity contribution is -0.118. The first kappa shape index (κ1) is 19.2. The molecule has 4 rings (SSSR count). The maximum absolute atomic E-state index is 12.4. The number of carbonyl (C=O) groups is 3. The minimum Gasteiger partial charge on any atom is -0.340 e. The second-order valence-corrected chi connectivity index (χ2v) is 6.83. The summed E-state index contributed by atoms with van der Waals surface area (Å²) in [6.07, 6.45) is 0.251. The molecule has 30 heavy (non-hydrogen) atoms. The fraction of sp³-hybridized carbons (Fsp3) is 0.200. The molecule has 1 aromatic heterocycles. The van der Waals surface area contributed by atoms with Crippen LogP contribution in [0.15, 0.2) is 48.5 Å². The van der Waals surface area contributed by atoms with E-state index in [2.05, 4.69) is 31.4 Å². The molecule has 3 amide bonds. The van der Waals surface area contributed by atoms with Crippen LogP contribution in [0, 0.1) is 0 Å². The molecule has 0 saturated carbocycles. The Morgan fingerprint density at radius 1 is 1.13 bits per heavy atom. The van der Waals surface area contributed by atoms with E-state index >= 15 is 0 Å². The molecule has 2 heterocycles. The Bertz CT molecular complexity index is 1110. The van der Waals surface area contributed by atoms with Gasteiger partial charge in [-0.25, -0.2) is 0 Å². The second-order valence-electron chi connectivity index (χ2n) is 6.83. The van der Waals surface area contributed by atoms with Crippen molar-refractivity contribution in [1.82, 2.24) is 25.5 Å². The molecule has 2 aromatic carbocycles. The zero-order chi connectivity index (χ0) is 21.1. The van der Waals surface area contributed by atoms with E-state index in [0.717, 1.165) is 5.56 Å². The van der Waals surface area contributed by atoms with Crippen molar-refractivity contribution in [3.05, 3.63) is 54.1 Å². The summed E-state index contributed by atoms with van der Waals surface area (Å²) in [6.45, 7) is 0. The molecule has 1 atom stereocenters. The van der Waals surface area contributed by atoms with Crippen LogP contribution in [-0.4, -0.2) is 44.0 Å². The van der Waals surface area contributed by atoms with Gasteiger partial charge < -0.3 is 16.0 Å². The van der Waals surface area contributed by atoms with Crippen LogP contribution in [0.2, 0.25) is 0 Å².